The van der Waals surface area contributed by atoms with Gasteiger partial charge in [0.15, 0.2) is 0 Å². The summed E-state index contributed by atoms with van der Waals surface area (Å²) in [5.41, 5.74) is 0. The van der Waals surface area contributed by atoms with Crippen LogP contribution in [0.15, 0.2) is 0 Å². The SMILES string of the molecule is CCC1CCC(C)C(C[C@H](C)C2CCCCC2C(C)C)C1. The van der Waals surface area contributed by atoms with Gasteiger partial charge in [0.1, 0.15) is 0 Å². The highest BCUT2D eigenvalue weighted by Gasteiger charge is 2.34. The van der Waals surface area contributed by atoms with Crippen LogP contribution < -0.4 is 0 Å². The molecular formula is C21H40. The van der Waals surface area contributed by atoms with Crippen molar-refractivity contribution in [1.82, 2.24) is 0 Å². The predicted molar refractivity (Wildman–Crippen MR) is 94.4 cm³/mol. The summed E-state index contributed by atoms with van der Waals surface area (Å²) in [6.45, 7) is 12.5. The Balaban J connectivity index is 1.93. The van der Waals surface area contributed by atoms with Crippen molar-refractivity contribution in [3.05, 3.63) is 0 Å². The Bertz CT molecular complexity index is 292. The smallest absolute Gasteiger partial charge is 0.0358 e. The molecule has 0 aromatic heterocycles. The summed E-state index contributed by atoms with van der Waals surface area (Å²) >= 11 is 0. The van der Waals surface area contributed by atoms with Crippen molar-refractivity contribution in [3.63, 3.8) is 0 Å². The maximum Gasteiger partial charge on any atom is -0.0358 e. The zero-order valence-electron chi connectivity index (χ0n) is 15.4. The lowest BCUT2D eigenvalue weighted by molar-refractivity contribution is 0.0869. The van der Waals surface area contributed by atoms with Crippen LogP contribution in [0.5, 0.6) is 0 Å². The van der Waals surface area contributed by atoms with Gasteiger partial charge in [0, 0.05) is 0 Å². The summed E-state index contributed by atoms with van der Waals surface area (Å²) in [6.07, 6.45) is 13.5. The molecule has 6 atom stereocenters. The van der Waals surface area contributed by atoms with Crippen molar-refractivity contribution in [3.8, 4) is 0 Å². The van der Waals surface area contributed by atoms with Crippen molar-refractivity contribution in [2.24, 2.45) is 41.4 Å². The van der Waals surface area contributed by atoms with Gasteiger partial charge < -0.3 is 0 Å². The molecule has 0 aromatic carbocycles. The number of hydrogen-bond donors (Lipinski definition) is 0. The fraction of sp³-hybridized carbons (Fsp3) is 1.00. The Labute approximate surface area is 134 Å². The molecule has 0 aliphatic heterocycles. The van der Waals surface area contributed by atoms with Gasteiger partial charge in [-0.15, -0.1) is 0 Å². The van der Waals surface area contributed by atoms with Crippen LogP contribution in [0.1, 0.15) is 92.4 Å². The molecule has 0 spiro atoms. The summed E-state index contributed by atoms with van der Waals surface area (Å²) < 4.78 is 0. The monoisotopic (exact) mass is 292 g/mol. The standard InChI is InChI=1S/C21H40/c1-6-18-12-11-16(4)19(14-18)13-17(5)21-10-8-7-9-20(21)15(2)3/h15-21H,6-14H2,1-5H3/t16?,17-,18?,19?,20?,21?/m0/s1. The molecule has 0 radical (unpaired) electrons. The lowest BCUT2D eigenvalue weighted by Gasteiger charge is -2.42. The van der Waals surface area contributed by atoms with Crippen LogP contribution in [-0.4, -0.2) is 0 Å². The molecule has 0 bridgehead atoms. The highest BCUT2D eigenvalue weighted by Crippen LogP contribution is 2.45. The Hall–Kier alpha value is 0. The molecule has 124 valence electrons. The minimum atomic E-state index is 0.893. The van der Waals surface area contributed by atoms with Crippen molar-refractivity contribution in [2.45, 2.75) is 92.4 Å². The van der Waals surface area contributed by atoms with E-state index in [4.69, 9.17) is 0 Å². The zero-order chi connectivity index (χ0) is 15.4. The molecule has 2 fully saturated rings. The molecule has 2 aliphatic carbocycles. The largest absolute Gasteiger partial charge is 0.0651 e. The molecule has 0 N–H and O–H groups in total. The molecule has 2 saturated carbocycles. The van der Waals surface area contributed by atoms with E-state index in [1.807, 2.05) is 0 Å². The number of rotatable bonds is 5. The van der Waals surface area contributed by atoms with Crippen LogP contribution in [-0.2, 0) is 0 Å². The Morgan fingerprint density at radius 1 is 0.905 bits per heavy atom. The van der Waals surface area contributed by atoms with E-state index in [-0.39, 0.29) is 0 Å². The van der Waals surface area contributed by atoms with Crippen LogP contribution in [0.4, 0.5) is 0 Å². The van der Waals surface area contributed by atoms with Gasteiger partial charge in [-0.2, -0.15) is 0 Å². The Morgan fingerprint density at radius 3 is 2.19 bits per heavy atom. The van der Waals surface area contributed by atoms with Crippen LogP contribution >= 0.6 is 0 Å². The Morgan fingerprint density at radius 2 is 1.57 bits per heavy atom. The molecule has 0 saturated heterocycles. The van der Waals surface area contributed by atoms with Gasteiger partial charge in [0.25, 0.3) is 0 Å². The third-order valence-corrected chi connectivity index (χ3v) is 7.19. The second-order valence-electron chi connectivity index (χ2n) is 8.89. The van der Waals surface area contributed by atoms with Gasteiger partial charge in [-0.3, -0.25) is 0 Å². The van der Waals surface area contributed by atoms with E-state index in [1.54, 1.807) is 0 Å². The number of hydrogen-bond acceptors (Lipinski definition) is 0. The van der Waals surface area contributed by atoms with Crippen LogP contribution in [0.3, 0.4) is 0 Å². The normalized spacial score (nSPS) is 39.4. The third-order valence-electron chi connectivity index (χ3n) is 7.19. The van der Waals surface area contributed by atoms with E-state index >= 15 is 0 Å². The van der Waals surface area contributed by atoms with Gasteiger partial charge in [0.2, 0.25) is 0 Å². The summed E-state index contributed by atoms with van der Waals surface area (Å²) in [5, 5.41) is 0. The summed E-state index contributed by atoms with van der Waals surface area (Å²) in [6, 6.07) is 0. The Kier molecular flexibility index (Phi) is 6.63. The quantitative estimate of drug-likeness (QED) is 0.515. The first-order valence-electron chi connectivity index (χ1n) is 10.0. The van der Waals surface area contributed by atoms with Gasteiger partial charge in [-0.05, 0) is 67.1 Å². The maximum absolute atomic E-state index is 2.59. The average molecular weight is 293 g/mol. The van der Waals surface area contributed by atoms with E-state index in [9.17, 15) is 0 Å². The molecule has 0 heteroatoms. The van der Waals surface area contributed by atoms with Crippen molar-refractivity contribution < 1.29 is 0 Å². The third kappa shape index (κ3) is 4.49. The molecule has 0 aromatic rings. The van der Waals surface area contributed by atoms with Crippen LogP contribution in [0.2, 0.25) is 0 Å². The second kappa shape index (κ2) is 8.02. The molecule has 0 amide bonds. The minimum Gasteiger partial charge on any atom is -0.0651 e. The van der Waals surface area contributed by atoms with E-state index in [2.05, 4.69) is 34.6 Å². The molecule has 2 rings (SSSR count). The van der Waals surface area contributed by atoms with Crippen molar-refractivity contribution in [1.29, 1.82) is 0 Å². The topological polar surface area (TPSA) is 0 Å². The van der Waals surface area contributed by atoms with Gasteiger partial charge in [-0.25, -0.2) is 0 Å². The molecule has 21 heavy (non-hydrogen) atoms. The first-order valence-corrected chi connectivity index (χ1v) is 10.0. The lowest BCUT2D eigenvalue weighted by atomic mass is 9.64. The summed E-state index contributed by atoms with van der Waals surface area (Å²) in [4.78, 5) is 0. The maximum atomic E-state index is 2.59. The fourth-order valence-electron chi connectivity index (χ4n) is 5.59. The minimum absolute atomic E-state index is 0.893. The van der Waals surface area contributed by atoms with E-state index in [1.165, 1.54) is 57.8 Å². The first-order chi connectivity index (χ1) is 10.0. The van der Waals surface area contributed by atoms with E-state index < -0.39 is 0 Å². The predicted octanol–water partition coefficient (Wildman–Crippen LogP) is 6.94. The fourth-order valence-corrected chi connectivity index (χ4v) is 5.59. The van der Waals surface area contributed by atoms with Crippen molar-refractivity contribution >= 4 is 0 Å². The first kappa shape index (κ1) is 17.4. The van der Waals surface area contributed by atoms with Gasteiger partial charge in [-0.1, -0.05) is 66.7 Å². The van der Waals surface area contributed by atoms with E-state index in [0.29, 0.717) is 0 Å². The van der Waals surface area contributed by atoms with Crippen LogP contribution in [0.25, 0.3) is 0 Å². The van der Waals surface area contributed by atoms with E-state index in [0.717, 1.165) is 41.4 Å². The van der Waals surface area contributed by atoms with Gasteiger partial charge in [0.05, 0.1) is 0 Å². The van der Waals surface area contributed by atoms with Crippen LogP contribution in [0, 0.1) is 41.4 Å². The second-order valence-corrected chi connectivity index (χ2v) is 8.89. The highest BCUT2D eigenvalue weighted by atomic mass is 14.4. The zero-order valence-corrected chi connectivity index (χ0v) is 15.4. The molecular weight excluding hydrogens is 252 g/mol. The molecule has 0 nitrogen and oxygen atoms in total. The summed E-state index contributed by atoms with van der Waals surface area (Å²) in [5.74, 6) is 6.92. The molecule has 0 heterocycles. The molecule has 5 unspecified atom stereocenters. The lowest BCUT2D eigenvalue weighted by Crippen LogP contribution is -2.32. The summed E-state index contributed by atoms with van der Waals surface area (Å²) in [7, 11) is 0. The molecule has 2 aliphatic rings. The highest BCUT2D eigenvalue weighted by molar-refractivity contribution is 4.85. The van der Waals surface area contributed by atoms with Crippen molar-refractivity contribution in [2.75, 3.05) is 0 Å². The average Bonchev–Trinajstić information content (AvgIpc) is 2.49. The van der Waals surface area contributed by atoms with Gasteiger partial charge >= 0.3 is 0 Å².